The van der Waals surface area contributed by atoms with Crippen LogP contribution in [0.5, 0.6) is 5.75 Å². The normalized spacial score (nSPS) is 13.6. The number of hydrogen-bond donors (Lipinski definition) is 1. The fourth-order valence-corrected chi connectivity index (χ4v) is 3.85. The summed E-state index contributed by atoms with van der Waals surface area (Å²) < 4.78 is 18.8. The number of anilines is 1. The molecular weight excluding hydrogens is 419 g/mol. The number of ether oxygens (including phenoxy) is 1. The molecule has 0 fully saturated rings. The van der Waals surface area contributed by atoms with Gasteiger partial charge in [-0.25, -0.2) is 4.39 Å². The zero-order chi connectivity index (χ0) is 23.5. The number of carbonyl (C=O) groups excluding carboxylic acids is 2. The molecule has 0 bridgehead atoms. The Hall–Kier alpha value is -3.93. The van der Waals surface area contributed by atoms with Crippen molar-refractivity contribution in [3.05, 3.63) is 100 Å². The van der Waals surface area contributed by atoms with Gasteiger partial charge < -0.3 is 10.1 Å². The van der Waals surface area contributed by atoms with Gasteiger partial charge in [0.05, 0.1) is 18.7 Å². The number of hydrogen-bond acceptors (Lipinski definition) is 4. The molecule has 168 valence electrons. The Morgan fingerprint density at radius 1 is 0.909 bits per heavy atom. The van der Waals surface area contributed by atoms with Gasteiger partial charge in [-0.15, -0.1) is 0 Å². The van der Waals surface area contributed by atoms with Crippen LogP contribution in [0.3, 0.4) is 0 Å². The van der Waals surface area contributed by atoms with Gasteiger partial charge in [-0.05, 0) is 67.8 Å². The first-order valence-electron chi connectivity index (χ1n) is 10.8. The lowest BCUT2D eigenvalue weighted by molar-refractivity contribution is -0.137. The van der Waals surface area contributed by atoms with Crippen molar-refractivity contribution in [3.8, 4) is 5.75 Å². The average molecular weight is 445 g/mol. The molecule has 1 aliphatic heterocycles. The first-order chi connectivity index (χ1) is 15.9. The molecule has 0 spiro atoms. The summed E-state index contributed by atoms with van der Waals surface area (Å²) in [6.45, 7) is 6.43. The van der Waals surface area contributed by atoms with Gasteiger partial charge in [0, 0.05) is 5.69 Å². The van der Waals surface area contributed by atoms with Gasteiger partial charge in [0.1, 0.15) is 17.3 Å². The minimum Gasteiger partial charge on any atom is -0.494 e. The quantitative estimate of drug-likeness (QED) is 0.507. The third kappa shape index (κ3) is 4.65. The van der Waals surface area contributed by atoms with E-state index in [2.05, 4.69) is 5.32 Å². The molecule has 2 amide bonds. The van der Waals surface area contributed by atoms with Crippen LogP contribution in [0.25, 0.3) is 5.57 Å². The van der Waals surface area contributed by atoms with Crippen molar-refractivity contribution in [3.63, 3.8) is 0 Å². The molecule has 0 radical (unpaired) electrons. The number of aryl methyl sites for hydroxylation is 2. The van der Waals surface area contributed by atoms with Crippen LogP contribution < -0.4 is 10.1 Å². The maximum Gasteiger partial charge on any atom is 0.278 e. The largest absolute Gasteiger partial charge is 0.494 e. The van der Waals surface area contributed by atoms with E-state index in [0.29, 0.717) is 29.1 Å². The fraction of sp³-hybridized carbons (Fsp3) is 0.185. The molecule has 0 saturated heterocycles. The molecule has 1 heterocycles. The van der Waals surface area contributed by atoms with Crippen molar-refractivity contribution in [1.29, 1.82) is 0 Å². The number of nitrogens with one attached hydrogen (secondary N) is 1. The molecule has 1 N–H and O–H groups in total. The van der Waals surface area contributed by atoms with Crippen molar-refractivity contribution in [2.45, 2.75) is 27.3 Å². The lowest BCUT2D eigenvalue weighted by atomic mass is 10.0. The van der Waals surface area contributed by atoms with Crippen LogP contribution in [0.15, 0.2) is 72.4 Å². The van der Waals surface area contributed by atoms with Crippen LogP contribution in [0, 0.1) is 19.7 Å². The first kappa shape index (κ1) is 22.3. The molecule has 0 unspecified atom stereocenters. The second-order valence-electron chi connectivity index (χ2n) is 7.97. The maximum absolute atomic E-state index is 13.4. The summed E-state index contributed by atoms with van der Waals surface area (Å²) in [6, 6.07) is 18.7. The van der Waals surface area contributed by atoms with E-state index >= 15 is 0 Å². The summed E-state index contributed by atoms with van der Waals surface area (Å²) >= 11 is 0. The van der Waals surface area contributed by atoms with Gasteiger partial charge in [-0.3, -0.25) is 14.5 Å². The highest BCUT2D eigenvalue weighted by Crippen LogP contribution is 2.33. The zero-order valence-electron chi connectivity index (χ0n) is 18.8. The van der Waals surface area contributed by atoms with Crippen molar-refractivity contribution in [2.24, 2.45) is 0 Å². The summed E-state index contributed by atoms with van der Waals surface area (Å²) in [7, 11) is 0. The van der Waals surface area contributed by atoms with Crippen LogP contribution in [-0.2, 0) is 16.1 Å². The Bertz CT molecular complexity index is 1230. The standard InChI is InChI=1S/C27H25FN2O3/c1-4-33-22-12-8-20(9-13-22)24-25(29-23-14-5-17(2)15-18(23)3)27(32)30(26(24)31)16-19-6-10-21(28)11-7-19/h5-15,29H,4,16H2,1-3H3. The van der Waals surface area contributed by atoms with E-state index in [1.807, 2.05) is 39.0 Å². The van der Waals surface area contributed by atoms with E-state index in [0.717, 1.165) is 16.8 Å². The van der Waals surface area contributed by atoms with Gasteiger partial charge in [0.15, 0.2) is 0 Å². The van der Waals surface area contributed by atoms with Crippen molar-refractivity contribution < 1.29 is 18.7 Å². The number of imide groups is 1. The predicted octanol–water partition coefficient (Wildman–Crippen LogP) is 5.23. The summed E-state index contributed by atoms with van der Waals surface area (Å²) in [5.74, 6) is -0.511. The SMILES string of the molecule is CCOc1ccc(C2=C(Nc3ccc(C)cc3C)C(=O)N(Cc3ccc(F)cc3)C2=O)cc1. The molecule has 1 aliphatic rings. The Morgan fingerprint density at radius 3 is 2.24 bits per heavy atom. The minimum atomic E-state index is -0.423. The van der Waals surface area contributed by atoms with Gasteiger partial charge in [0.2, 0.25) is 0 Å². The van der Waals surface area contributed by atoms with E-state index in [1.165, 1.54) is 17.0 Å². The Kier molecular flexibility index (Phi) is 6.27. The van der Waals surface area contributed by atoms with Crippen LogP contribution in [0.4, 0.5) is 10.1 Å². The molecule has 0 saturated carbocycles. The van der Waals surface area contributed by atoms with Crippen LogP contribution in [-0.4, -0.2) is 23.3 Å². The van der Waals surface area contributed by atoms with E-state index in [9.17, 15) is 14.0 Å². The third-order valence-electron chi connectivity index (χ3n) is 5.52. The molecule has 3 aromatic carbocycles. The monoisotopic (exact) mass is 444 g/mol. The Morgan fingerprint density at radius 2 is 1.61 bits per heavy atom. The molecule has 0 aliphatic carbocycles. The molecule has 0 aromatic heterocycles. The molecule has 0 atom stereocenters. The topological polar surface area (TPSA) is 58.6 Å². The molecule has 3 aromatic rings. The molecule has 5 nitrogen and oxygen atoms in total. The maximum atomic E-state index is 13.4. The number of carbonyl (C=O) groups is 2. The summed E-state index contributed by atoms with van der Waals surface area (Å²) in [4.78, 5) is 28.0. The van der Waals surface area contributed by atoms with Gasteiger partial charge in [-0.1, -0.05) is 42.0 Å². The number of halogens is 1. The van der Waals surface area contributed by atoms with Gasteiger partial charge in [0.25, 0.3) is 11.8 Å². The predicted molar refractivity (Wildman–Crippen MR) is 126 cm³/mol. The highest BCUT2D eigenvalue weighted by Gasteiger charge is 2.39. The van der Waals surface area contributed by atoms with Crippen LogP contribution >= 0.6 is 0 Å². The number of nitrogens with zero attached hydrogens (tertiary/aromatic N) is 1. The lowest BCUT2D eigenvalue weighted by Crippen LogP contribution is -2.32. The number of rotatable bonds is 7. The van der Waals surface area contributed by atoms with Crippen LogP contribution in [0.1, 0.15) is 29.2 Å². The van der Waals surface area contributed by atoms with Gasteiger partial charge >= 0.3 is 0 Å². The van der Waals surface area contributed by atoms with E-state index in [4.69, 9.17) is 4.74 Å². The second-order valence-corrected chi connectivity index (χ2v) is 7.97. The van der Waals surface area contributed by atoms with Crippen molar-refractivity contribution >= 4 is 23.1 Å². The van der Waals surface area contributed by atoms with Crippen molar-refractivity contribution in [2.75, 3.05) is 11.9 Å². The fourth-order valence-electron chi connectivity index (χ4n) is 3.85. The van der Waals surface area contributed by atoms with Crippen molar-refractivity contribution in [1.82, 2.24) is 4.90 Å². The Balaban J connectivity index is 1.73. The smallest absolute Gasteiger partial charge is 0.278 e. The zero-order valence-corrected chi connectivity index (χ0v) is 18.8. The number of benzene rings is 3. The highest BCUT2D eigenvalue weighted by molar-refractivity contribution is 6.36. The molecule has 4 rings (SSSR count). The third-order valence-corrected chi connectivity index (χ3v) is 5.52. The van der Waals surface area contributed by atoms with Gasteiger partial charge in [-0.2, -0.15) is 0 Å². The van der Waals surface area contributed by atoms with E-state index in [-0.39, 0.29) is 18.1 Å². The second kappa shape index (κ2) is 9.28. The van der Waals surface area contributed by atoms with E-state index in [1.54, 1.807) is 36.4 Å². The summed E-state index contributed by atoms with van der Waals surface area (Å²) in [5, 5.41) is 3.21. The van der Waals surface area contributed by atoms with Crippen LogP contribution in [0.2, 0.25) is 0 Å². The van der Waals surface area contributed by atoms with E-state index < -0.39 is 11.8 Å². The molecule has 6 heteroatoms. The molecular formula is C27H25FN2O3. The minimum absolute atomic E-state index is 0.0521. The summed E-state index contributed by atoms with van der Waals surface area (Å²) in [6.07, 6.45) is 0. The average Bonchev–Trinajstić information content (AvgIpc) is 3.02. The highest BCUT2D eigenvalue weighted by atomic mass is 19.1. The number of amides is 2. The first-order valence-corrected chi connectivity index (χ1v) is 10.8. The lowest BCUT2D eigenvalue weighted by Gasteiger charge is -2.16. The summed E-state index contributed by atoms with van der Waals surface area (Å²) in [5.41, 5.74) is 4.62. The Labute approximate surface area is 192 Å². The molecule has 33 heavy (non-hydrogen) atoms.